The van der Waals surface area contributed by atoms with Gasteiger partial charge in [-0.2, -0.15) is 5.10 Å². The zero-order chi connectivity index (χ0) is 15.4. The largest absolute Gasteiger partial charge is 0.271 e. The Morgan fingerprint density at radius 2 is 2.14 bits per heavy atom. The van der Waals surface area contributed by atoms with E-state index in [4.69, 9.17) is 0 Å². The van der Waals surface area contributed by atoms with E-state index in [-0.39, 0.29) is 12.5 Å². The lowest BCUT2D eigenvalue weighted by Crippen LogP contribution is -2.23. The van der Waals surface area contributed by atoms with Crippen LogP contribution in [-0.2, 0) is 11.3 Å². The van der Waals surface area contributed by atoms with Gasteiger partial charge in [0.15, 0.2) is 0 Å². The molecule has 0 saturated carbocycles. The second kappa shape index (κ2) is 6.13. The molecule has 3 aromatic rings. The number of nitrogens with one attached hydrogen (secondary N) is 1. The molecule has 0 aliphatic heterocycles. The molecule has 0 atom stereocenters. The van der Waals surface area contributed by atoms with Gasteiger partial charge in [-0.3, -0.25) is 9.78 Å². The zero-order valence-corrected chi connectivity index (χ0v) is 12.0. The van der Waals surface area contributed by atoms with Gasteiger partial charge in [0.2, 0.25) is 0 Å². The van der Waals surface area contributed by atoms with Crippen LogP contribution >= 0.6 is 0 Å². The van der Waals surface area contributed by atoms with Gasteiger partial charge >= 0.3 is 0 Å². The van der Waals surface area contributed by atoms with Crippen LogP contribution in [0.1, 0.15) is 11.4 Å². The molecular formula is C15H14N6O. The van der Waals surface area contributed by atoms with Crippen molar-refractivity contribution in [2.45, 2.75) is 13.5 Å². The van der Waals surface area contributed by atoms with Crippen molar-refractivity contribution in [2.24, 2.45) is 5.10 Å². The van der Waals surface area contributed by atoms with Crippen LogP contribution in [0.15, 0.2) is 47.6 Å². The lowest BCUT2D eigenvalue weighted by atomic mass is 10.3. The number of benzene rings is 1. The van der Waals surface area contributed by atoms with Gasteiger partial charge in [-0.15, -0.1) is 5.10 Å². The molecule has 2 aromatic heterocycles. The number of carbonyl (C=O) groups excluding carboxylic acids is 1. The maximum Gasteiger partial charge on any atom is 0.261 e. The predicted molar refractivity (Wildman–Crippen MR) is 82.2 cm³/mol. The van der Waals surface area contributed by atoms with Gasteiger partial charge in [0.05, 0.1) is 17.4 Å². The summed E-state index contributed by atoms with van der Waals surface area (Å²) in [6.45, 7) is 1.95. The van der Waals surface area contributed by atoms with Crippen LogP contribution in [0.2, 0.25) is 0 Å². The summed E-state index contributed by atoms with van der Waals surface area (Å²) in [5.41, 5.74) is 5.59. The van der Waals surface area contributed by atoms with Crippen molar-refractivity contribution in [3.05, 3.63) is 53.9 Å². The zero-order valence-electron chi connectivity index (χ0n) is 12.0. The molecule has 0 aliphatic carbocycles. The highest BCUT2D eigenvalue weighted by Crippen LogP contribution is 2.09. The summed E-state index contributed by atoms with van der Waals surface area (Å²) in [5, 5.41) is 11.8. The summed E-state index contributed by atoms with van der Waals surface area (Å²) >= 11 is 0. The fourth-order valence-electron chi connectivity index (χ4n) is 2.01. The Morgan fingerprint density at radius 1 is 1.27 bits per heavy atom. The van der Waals surface area contributed by atoms with E-state index in [1.54, 1.807) is 0 Å². The summed E-state index contributed by atoms with van der Waals surface area (Å²) in [6.07, 6.45) is 1.50. The molecule has 22 heavy (non-hydrogen) atoms. The van der Waals surface area contributed by atoms with E-state index in [2.05, 4.69) is 25.8 Å². The lowest BCUT2D eigenvalue weighted by Gasteiger charge is -2.01. The summed E-state index contributed by atoms with van der Waals surface area (Å²) < 4.78 is 1.53. The molecule has 0 spiro atoms. The number of rotatable bonds is 4. The molecular weight excluding hydrogens is 280 g/mol. The first-order valence-corrected chi connectivity index (χ1v) is 6.76. The van der Waals surface area contributed by atoms with Crippen molar-refractivity contribution < 1.29 is 4.79 Å². The normalized spacial score (nSPS) is 11.1. The number of pyridine rings is 1. The first-order chi connectivity index (χ1) is 10.7. The van der Waals surface area contributed by atoms with E-state index in [0.29, 0.717) is 5.69 Å². The number of para-hydroxylation sites is 1. The Kier molecular flexibility index (Phi) is 3.86. The SMILES string of the molecule is Cc1cccc(/C=N/NC(=O)Cn2nnc3ccccc32)n1. The number of nitrogens with zero attached hydrogens (tertiary/aromatic N) is 5. The smallest absolute Gasteiger partial charge is 0.261 e. The van der Waals surface area contributed by atoms with Crippen LogP contribution in [0, 0.1) is 6.92 Å². The molecule has 7 nitrogen and oxygen atoms in total. The van der Waals surface area contributed by atoms with E-state index in [1.165, 1.54) is 10.9 Å². The summed E-state index contributed by atoms with van der Waals surface area (Å²) in [4.78, 5) is 16.1. The summed E-state index contributed by atoms with van der Waals surface area (Å²) in [6, 6.07) is 13.1. The monoisotopic (exact) mass is 294 g/mol. The fraction of sp³-hybridized carbons (Fsp3) is 0.133. The lowest BCUT2D eigenvalue weighted by molar-refractivity contribution is -0.121. The Hall–Kier alpha value is -3.09. The molecule has 1 aromatic carbocycles. The van der Waals surface area contributed by atoms with Crippen LogP contribution in [0.25, 0.3) is 11.0 Å². The highest BCUT2D eigenvalue weighted by molar-refractivity contribution is 5.82. The number of fused-ring (bicyclic) bond motifs is 1. The van der Waals surface area contributed by atoms with Crippen molar-refractivity contribution in [3.8, 4) is 0 Å². The van der Waals surface area contributed by atoms with Gasteiger partial charge in [0, 0.05) is 5.69 Å². The second-order valence-electron chi connectivity index (χ2n) is 4.73. The maximum absolute atomic E-state index is 11.9. The van der Waals surface area contributed by atoms with E-state index in [0.717, 1.165) is 16.7 Å². The Morgan fingerprint density at radius 3 is 3.00 bits per heavy atom. The molecule has 1 amide bonds. The molecule has 3 rings (SSSR count). The van der Waals surface area contributed by atoms with Crippen LogP contribution in [0.5, 0.6) is 0 Å². The van der Waals surface area contributed by atoms with Crippen molar-refractivity contribution >= 4 is 23.2 Å². The molecule has 0 aliphatic rings. The van der Waals surface area contributed by atoms with Crippen LogP contribution in [-0.4, -0.2) is 32.1 Å². The quantitative estimate of drug-likeness (QED) is 0.580. The van der Waals surface area contributed by atoms with Gasteiger partial charge in [-0.1, -0.05) is 23.4 Å². The molecule has 7 heteroatoms. The molecule has 2 heterocycles. The van der Waals surface area contributed by atoms with Gasteiger partial charge < -0.3 is 0 Å². The molecule has 1 N–H and O–H groups in total. The topological polar surface area (TPSA) is 85.1 Å². The number of aromatic nitrogens is 4. The molecule has 0 bridgehead atoms. The minimum absolute atomic E-state index is 0.0547. The Bertz CT molecular complexity index is 839. The maximum atomic E-state index is 11.9. The molecule has 0 fully saturated rings. The van der Waals surface area contributed by atoms with Gasteiger partial charge in [-0.25, -0.2) is 10.1 Å². The number of hydrazone groups is 1. The highest BCUT2D eigenvalue weighted by Gasteiger charge is 2.07. The van der Waals surface area contributed by atoms with Crippen molar-refractivity contribution in [1.82, 2.24) is 25.4 Å². The number of amides is 1. The van der Waals surface area contributed by atoms with Gasteiger partial charge in [-0.05, 0) is 31.2 Å². The molecule has 0 saturated heterocycles. The van der Waals surface area contributed by atoms with Crippen LogP contribution in [0.4, 0.5) is 0 Å². The first kappa shape index (κ1) is 13.9. The fourth-order valence-corrected chi connectivity index (χ4v) is 2.01. The van der Waals surface area contributed by atoms with Crippen LogP contribution < -0.4 is 5.43 Å². The average Bonchev–Trinajstić information content (AvgIpc) is 2.91. The Balaban J connectivity index is 1.63. The summed E-state index contributed by atoms with van der Waals surface area (Å²) in [5.74, 6) is -0.278. The second-order valence-corrected chi connectivity index (χ2v) is 4.73. The van der Waals surface area contributed by atoms with Gasteiger partial charge in [0.25, 0.3) is 5.91 Å². The van der Waals surface area contributed by atoms with Crippen molar-refractivity contribution in [3.63, 3.8) is 0 Å². The molecule has 0 radical (unpaired) electrons. The molecule has 110 valence electrons. The van der Waals surface area contributed by atoms with Gasteiger partial charge in [0.1, 0.15) is 12.1 Å². The Labute approximate surface area is 126 Å². The predicted octanol–water partition coefficient (Wildman–Crippen LogP) is 1.29. The first-order valence-electron chi connectivity index (χ1n) is 6.76. The van der Waals surface area contributed by atoms with E-state index >= 15 is 0 Å². The number of hydrogen-bond acceptors (Lipinski definition) is 5. The minimum Gasteiger partial charge on any atom is -0.271 e. The number of aryl methyl sites for hydroxylation is 1. The number of hydrogen-bond donors (Lipinski definition) is 1. The minimum atomic E-state index is -0.278. The van der Waals surface area contributed by atoms with Crippen molar-refractivity contribution in [1.29, 1.82) is 0 Å². The van der Waals surface area contributed by atoms with E-state index in [1.807, 2.05) is 49.4 Å². The highest BCUT2D eigenvalue weighted by atomic mass is 16.2. The average molecular weight is 294 g/mol. The molecule has 0 unspecified atom stereocenters. The van der Waals surface area contributed by atoms with Crippen molar-refractivity contribution in [2.75, 3.05) is 0 Å². The standard InChI is InChI=1S/C15H14N6O/c1-11-5-4-6-12(17-11)9-16-19-15(22)10-21-14-8-3-2-7-13(14)18-20-21/h2-9H,10H2,1H3,(H,19,22)/b16-9+. The number of carbonyl (C=O) groups is 1. The van der Waals surface area contributed by atoms with E-state index in [9.17, 15) is 4.79 Å². The van der Waals surface area contributed by atoms with Crippen LogP contribution in [0.3, 0.4) is 0 Å². The van der Waals surface area contributed by atoms with E-state index < -0.39 is 0 Å². The third kappa shape index (κ3) is 3.14. The third-order valence-corrected chi connectivity index (χ3v) is 3.01. The third-order valence-electron chi connectivity index (χ3n) is 3.01. The summed E-state index contributed by atoms with van der Waals surface area (Å²) in [7, 11) is 0.